The largest absolute Gasteiger partial charge is 0.456 e. The first-order valence-electron chi connectivity index (χ1n) is 10.6. The Balaban J connectivity index is 2.14. The monoisotopic (exact) mass is 427 g/mol. The summed E-state index contributed by atoms with van der Waals surface area (Å²) in [6, 6.07) is 6.13. The lowest BCUT2D eigenvalue weighted by Crippen LogP contribution is -2.56. The predicted octanol–water partition coefficient (Wildman–Crippen LogP) is 3.97. The van der Waals surface area contributed by atoms with E-state index in [1.807, 2.05) is 26.0 Å². The molecule has 0 N–H and O–H groups in total. The molecule has 160 valence electrons. The zero-order valence-corrected chi connectivity index (χ0v) is 19.1. The second-order valence-corrected chi connectivity index (χ2v) is 7.46. The van der Waals surface area contributed by atoms with Crippen LogP contribution in [0.2, 0.25) is 0 Å². The van der Waals surface area contributed by atoms with E-state index in [1.165, 1.54) is 9.80 Å². The summed E-state index contributed by atoms with van der Waals surface area (Å²) in [4.78, 5) is 31.4. The van der Waals surface area contributed by atoms with E-state index in [9.17, 15) is 9.59 Å². The topological polar surface area (TPSA) is 53.1 Å². The Hall–Kier alpha value is -2.67. The second kappa shape index (κ2) is 9.00. The first-order valence-corrected chi connectivity index (χ1v) is 11.0. The Morgan fingerprint density at radius 1 is 0.967 bits per heavy atom. The van der Waals surface area contributed by atoms with Crippen LogP contribution in [0.1, 0.15) is 46.6 Å². The van der Waals surface area contributed by atoms with Crippen molar-refractivity contribution in [1.82, 2.24) is 9.80 Å². The summed E-state index contributed by atoms with van der Waals surface area (Å²) < 4.78 is 6.18. The van der Waals surface area contributed by atoms with Gasteiger partial charge in [0.25, 0.3) is 11.8 Å². The second-order valence-electron chi connectivity index (χ2n) is 7.10. The van der Waals surface area contributed by atoms with E-state index in [1.54, 1.807) is 0 Å². The number of thiocarbonyl (C=S) groups is 1. The maximum atomic E-state index is 13.1. The van der Waals surface area contributed by atoms with Gasteiger partial charge in [-0.05, 0) is 70.1 Å². The Bertz CT molecular complexity index is 919. The van der Waals surface area contributed by atoms with Crippen LogP contribution in [0.5, 0.6) is 5.75 Å². The smallest absolute Gasteiger partial charge is 0.269 e. The van der Waals surface area contributed by atoms with Gasteiger partial charge in [0, 0.05) is 43.5 Å². The van der Waals surface area contributed by atoms with Crippen LogP contribution in [0.25, 0.3) is 5.57 Å². The molecule has 0 radical (unpaired) electrons. The summed E-state index contributed by atoms with van der Waals surface area (Å²) in [6.45, 7) is 12.5. The van der Waals surface area contributed by atoms with Crippen molar-refractivity contribution in [3.8, 4) is 5.75 Å². The number of benzene rings is 1. The standard InChI is InChI=1S/C23H29N3O3S/c1-6-15-13-19(20-21(27)25(9-4)23(30)26(10-5)22(20)28)29-18-14-16(11-12-17(15)18)24(7-2)8-3/h11-14H,6-10H2,1-5H3. The molecule has 6 nitrogen and oxygen atoms in total. The minimum absolute atomic E-state index is 0.0390. The summed E-state index contributed by atoms with van der Waals surface area (Å²) in [5.41, 5.74) is 3.11. The van der Waals surface area contributed by atoms with Crippen molar-refractivity contribution < 1.29 is 14.3 Å². The molecule has 7 heteroatoms. The van der Waals surface area contributed by atoms with Crippen molar-refractivity contribution in [2.24, 2.45) is 0 Å². The first-order chi connectivity index (χ1) is 14.4. The molecule has 1 saturated heterocycles. The fraction of sp³-hybridized carbons (Fsp3) is 0.435. The van der Waals surface area contributed by atoms with Gasteiger partial charge in [0.1, 0.15) is 17.1 Å². The van der Waals surface area contributed by atoms with Gasteiger partial charge in [-0.1, -0.05) is 6.92 Å². The molecule has 0 unspecified atom stereocenters. The molecular formula is C23H29N3O3S. The fourth-order valence-corrected chi connectivity index (χ4v) is 4.32. The number of carbonyl (C=O) groups is 2. The SMILES string of the molecule is CCC1=CC(=C2C(=O)N(CC)C(=S)N(CC)C2=O)Oc2cc(N(CC)CC)ccc21. The van der Waals surface area contributed by atoms with Crippen molar-refractivity contribution in [1.29, 1.82) is 0 Å². The van der Waals surface area contributed by atoms with Crippen molar-refractivity contribution in [3.05, 3.63) is 41.2 Å². The first kappa shape index (κ1) is 22.0. The molecule has 0 bridgehead atoms. The average Bonchev–Trinajstić information content (AvgIpc) is 2.74. The molecule has 0 spiro atoms. The van der Waals surface area contributed by atoms with Crippen LogP contribution in [0.15, 0.2) is 35.6 Å². The maximum absolute atomic E-state index is 13.1. The van der Waals surface area contributed by atoms with Crippen LogP contribution in [-0.2, 0) is 9.59 Å². The van der Waals surface area contributed by atoms with E-state index in [4.69, 9.17) is 17.0 Å². The third-order valence-electron chi connectivity index (χ3n) is 5.60. The van der Waals surface area contributed by atoms with E-state index in [0.717, 1.165) is 36.3 Å². The number of likely N-dealkylation sites (N-methyl/N-ethyl adjacent to an activating group) is 2. The van der Waals surface area contributed by atoms with E-state index >= 15 is 0 Å². The van der Waals surface area contributed by atoms with Gasteiger partial charge in [-0.15, -0.1) is 0 Å². The molecule has 0 aromatic heterocycles. The van der Waals surface area contributed by atoms with E-state index in [-0.39, 0.29) is 10.7 Å². The number of hydrogen-bond donors (Lipinski definition) is 0. The molecule has 2 aliphatic rings. The molecule has 2 amide bonds. The number of allylic oxidation sites excluding steroid dienone is 2. The molecule has 0 saturated carbocycles. The predicted molar refractivity (Wildman–Crippen MR) is 123 cm³/mol. The summed E-state index contributed by atoms with van der Waals surface area (Å²) in [6.07, 6.45) is 2.58. The van der Waals surface area contributed by atoms with Crippen molar-refractivity contribution in [3.63, 3.8) is 0 Å². The highest BCUT2D eigenvalue weighted by molar-refractivity contribution is 7.80. The number of amides is 2. The normalized spacial score (nSPS) is 16.6. The number of ether oxygens (including phenoxy) is 1. The number of nitrogens with zero attached hydrogens (tertiary/aromatic N) is 3. The molecule has 2 heterocycles. The number of carbonyl (C=O) groups excluding carboxylic acids is 2. The number of rotatable bonds is 6. The molecule has 3 rings (SSSR count). The van der Waals surface area contributed by atoms with Gasteiger partial charge in [-0.2, -0.15) is 0 Å². The fourth-order valence-electron chi connectivity index (χ4n) is 3.90. The molecule has 30 heavy (non-hydrogen) atoms. The Labute approximate surface area is 183 Å². The van der Waals surface area contributed by atoms with Crippen molar-refractivity contribution >= 4 is 40.4 Å². The average molecular weight is 428 g/mol. The van der Waals surface area contributed by atoms with Gasteiger partial charge < -0.3 is 9.64 Å². The number of anilines is 1. The third kappa shape index (κ3) is 3.62. The van der Waals surface area contributed by atoms with Crippen LogP contribution in [0, 0.1) is 0 Å². The molecule has 1 aromatic carbocycles. The molecule has 0 aliphatic carbocycles. The lowest BCUT2D eigenvalue weighted by molar-refractivity contribution is -0.133. The van der Waals surface area contributed by atoms with Crippen LogP contribution in [0.3, 0.4) is 0 Å². The zero-order chi connectivity index (χ0) is 22.0. The molecular weight excluding hydrogens is 398 g/mol. The highest BCUT2D eigenvalue weighted by Crippen LogP contribution is 2.39. The number of hydrogen-bond acceptors (Lipinski definition) is 5. The Kier molecular flexibility index (Phi) is 6.61. The summed E-state index contributed by atoms with van der Waals surface area (Å²) in [5.74, 6) is 0.163. The maximum Gasteiger partial charge on any atom is 0.269 e. The highest BCUT2D eigenvalue weighted by atomic mass is 32.1. The van der Waals surface area contributed by atoms with Gasteiger partial charge >= 0.3 is 0 Å². The quantitative estimate of drug-likeness (QED) is 0.391. The molecule has 1 fully saturated rings. The van der Waals surface area contributed by atoms with Gasteiger partial charge in [0.05, 0.1) is 0 Å². The van der Waals surface area contributed by atoms with Gasteiger partial charge in [-0.3, -0.25) is 19.4 Å². The van der Waals surface area contributed by atoms with Crippen molar-refractivity contribution in [2.45, 2.75) is 41.0 Å². The Morgan fingerprint density at radius 3 is 2.07 bits per heavy atom. The van der Waals surface area contributed by atoms with E-state index in [0.29, 0.717) is 24.6 Å². The molecule has 2 aliphatic heterocycles. The summed E-state index contributed by atoms with van der Waals surface area (Å²) >= 11 is 5.36. The minimum atomic E-state index is -0.401. The number of fused-ring (bicyclic) bond motifs is 1. The van der Waals surface area contributed by atoms with E-state index in [2.05, 4.69) is 37.8 Å². The third-order valence-corrected chi connectivity index (χ3v) is 6.05. The highest BCUT2D eigenvalue weighted by Gasteiger charge is 2.41. The van der Waals surface area contributed by atoms with Crippen molar-refractivity contribution in [2.75, 3.05) is 31.1 Å². The van der Waals surface area contributed by atoms with E-state index < -0.39 is 11.8 Å². The van der Waals surface area contributed by atoms with Crippen LogP contribution in [-0.4, -0.2) is 52.9 Å². The van der Waals surface area contributed by atoms with Crippen LogP contribution >= 0.6 is 12.2 Å². The van der Waals surface area contributed by atoms with Crippen LogP contribution in [0.4, 0.5) is 5.69 Å². The zero-order valence-electron chi connectivity index (χ0n) is 18.3. The Morgan fingerprint density at radius 2 is 1.57 bits per heavy atom. The lowest BCUT2D eigenvalue weighted by atomic mass is 9.96. The minimum Gasteiger partial charge on any atom is -0.456 e. The lowest BCUT2D eigenvalue weighted by Gasteiger charge is -2.36. The van der Waals surface area contributed by atoms with Gasteiger partial charge in [-0.25, -0.2) is 0 Å². The van der Waals surface area contributed by atoms with Gasteiger partial charge in [0.15, 0.2) is 5.11 Å². The molecule has 1 aromatic rings. The van der Waals surface area contributed by atoms with Crippen LogP contribution < -0.4 is 9.64 Å². The summed E-state index contributed by atoms with van der Waals surface area (Å²) in [5, 5.41) is 0.249. The summed E-state index contributed by atoms with van der Waals surface area (Å²) in [7, 11) is 0. The van der Waals surface area contributed by atoms with Gasteiger partial charge in [0.2, 0.25) is 0 Å². The molecule has 0 atom stereocenters.